The Morgan fingerprint density at radius 3 is 2.62 bits per heavy atom. The zero-order valence-corrected chi connectivity index (χ0v) is 17.2. The molecule has 0 radical (unpaired) electrons. The highest BCUT2D eigenvalue weighted by Gasteiger charge is 2.13. The van der Waals surface area contributed by atoms with Crippen LogP contribution in [0.3, 0.4) is 0 Å². The van der Waals surface area contributed by atoms with Gasteiger partial charge in [0.05, 0.1) is 20.1 Å². The number of carbonyl (C=O) groups excluding carboxylic acids is 1. The van der Waals surface area contributed by atoms with Crippen LogP contribution < -0.4 is 9.47 Å². The van der Waals surface area contributed by atoms with E-state index in [-0.39, 0.29) is 12.4 Å². The lowest BCUT2D eigenvalue weighted by Crippen LogP contribution is -2.09. The van der Waals surface area contributed by atoms with E-state index < -0.39 is 0 Å². The molecule has 1 aromatic heterocycles. The second-order valence-corrected chi connectivity index (χ2v) is 6.72. The summed E-state index contributed by atoms with van der Waals surface area (Å²) in [4.78, 5) is 11.9. The highest BCUT2D eigenvalue weighted by molar-refractivity contribution is 5.82. The van der Waals surface area contributed by atoms with Gasteiger partial charge in [0, 0.05) is 24.1 Å². The molecule has 6 heteroatoms. The van der Waals surface area contributed by atoms with E-state index >= 15 is 0 Å². The summed E-state index contributed by atoms with van der Waals surface area (Å²) >= 11 is 0. The van der Waals surface area contributed by atoms with E-state index in [0.717, 1.165) is 33.4 Å². The van der Waals surface area contributed by atoms with Gasteiger partial charge in [-0.1, -0.05) is 6.07 Å². The number of benzene rings is 2. The fraction of sp³-hybridized carbons (Fsp3) is 0.348. The van der Waals surface area contributed by atoms with Crippen molar-refractivity contribution in [1.82, 2.24) is 0 Å². The molecule has 0 saturated carbocycles. The van der Waals surface area contributed by atoms with Crippen LogP contribution in [0.1, 0.15) is 29.4 Å². The fourth-order valence-electron chi connectivity index (χ4n) is 3.23. The topological polar surface area (TPSA) is 67.1 Å². The van der Waals surface area contributed by atoms with Gasteiger partial charge in [-0.05, 0) is 49.2 Å². The predicted molar refractivity (Wildman–Crippen MR) is 109 cm³/mol. The van der Waals surface area contributed by atoms with E-state index in [2.05, 4.69) is 0 Å². The standard InChI is InChI=1S/C23H26O6/c1-5-27-22(24)11-17-6-7-19(26-4)12-21(17)28-13-16-8-15(2)23-18(9-16)10-20(29-23)14-25-3/h6-10,12H,5,11,13-14H2,1-4H3. The lowest BCUT2D eigenvalue weighted by molar-refractivity contribution is -0.142. The first-order chi connectivity index (χ1) is 14.0. The first-order valence-corrected chi connectivity index (χ1v) is 9.50. The molecule has 0 atom stereocenters. The Labute approximate surface area is 170 Å². The summed E-state index contributed by atoms with van der Waals surface area (Å²) in [6.45, 7) is 4.92. The van der Waals surface area contributed by atoms with Crippen LogP contribution in [0.15, 0.2) is 40.8 Å². The maximum absolute atomic E-state index is 11.9. The Morgan fingerprint density at radius 1 is 1.07 bits per heavy atom. The molecule has 0 N–H and O–H groups in total. The average Bonchev–Trinajstić information content (AvgIpc) is 3.11. The van der Waals surface area contributed by atoms with Crippen molar-refractivity contribution in [3.63, 3.8) is 0 Å². The largest absolute Gasteiger partial charge is 0.497 e. The van der Waals surface area contributed by atoms with E-state index in [1.54, 1.807) is 33.3 Å². The van der Waals surface area contributed by atoms with E-state index in [0.29, 0.717) is 31.3 Å². The smallest absolute Gasteiger partial charge is 0.310 e. The van der Waals surface area contributed by atoms with Gasteiger partial charge in [0.15, 0.2) is 0 Å². The minimum Gasteiger partial charge on any atom is -0.497 e. The minimum absolute atomic E-state index is 0.146. The first kappa shape index (κ1) is 20.7. The number of rotatable bonds is 9. The maximum atomic E-state index is 11.9. The summed E-state index contributed by atoms with van der Waals surface area (Å²) in [5.74, 6) is 1.76. The molecule has 29 heavy (non-hydrogen) atoms. The van der Waals surface area contributed by atoms with Crippen LogP contribution in [0.25, 0.3) is 11.0 Å². The van der Waals surface area contributed by atoms with Gasteiger partial charge in [0.2, 0.25) is 0 Å². The Hall–Kier alpha value is -2.99. The molecule has 0 unspecified atom stereocenters. The number of carbonyl (C=O) groups is 1. The normalized spacial score (nSPS) is 10.9. The van der Waals surface area contributed by atoms with Crippen molar-refractivity contribution in [1.29, 1.82) is 0 Å². The molecular formula is C23H26O6. The third kappa shape index (κ3) is 5.09. The Kier molecular flexibility index (Phi) is 6.77. The van der Waals surface area contributed by atoms with Crippen molar-refractivity contribution in [3.8, 4) is 11.5 Å². The predicted octanol–water partition coefficient (Wildman–Crippen LogP) is 4.58. The highest BCUT2D eigenvalue weighted by Crippen LogP contribution is 2.29. The number of aryl methyl sites for hydroxylation is 1. The summed E-state index contributed by atoms with van der Waals surface area (Å²) in [5, 5.41) is 1.01. The zero-order chi connectivity index (χ0) is 20.8. The van der Waals surface area contributed by atoms with Crippen molar-refractivity contribution >= 4 is 16.9 Å². The number of furan rings is 1. The van der Waals surface area contributed by atoms with E-state index in [9.17, 15) is 4.79 Å². The molecule has 1 heterocycles. The van der Waals surface area contributed by atoms with Crippen LogP contribution in [0.2, 0.25) is 0 Å². The highest BCUT2D eigenvalue weighted by atomic mass is 16.5. The third-order valence-electron chi connectivity index (χ3n) is 4.51. The first-order valence-electron chi connectivity index (χ1n) is 9.50. The summed E-state index contributed by atoms with van der Waals surface area (Å²) in [6.07, 6.45) is 0.146. The summed E-state index contributed by atoms with van der Waals surface area (Å²) in [7, 11) is 3.24. The van der Waals surface area contributed by atoms with Crippen LogP contribution in [0.4, 0.5) is 0 Å². The molecule has 0 saturated heterocycles. The lowest BCUT2D eigenvalue weighted by atomic mass is 10.1. The quantitative estimate of drug-likeness (QED) is 0.492. The Balaban J connectivity index is 1.81. The number of hydrogen-bond donors (Lipinski definition) is 0. The molecule has 0 bridgehead atoms. The van der Waals surface area contributed by atoms with E-state index in [4.69, 9.17) is 23.4 Å². The van der Waals surface area contributed by atoms with Crippen molar-refractivity contribution in [3.05, 3.63) is 58.8 Å². The van der Waals surface area contributed by atoms with Crippen molar-refractivity contribution in [2.24, 2.45) is 0 Å². The maximum Gasteiger partial charge on any atom is 0.310 e. The van der Waals surface area contributed by atoms with Crippen LogP contribution in [-0.4, -0.2) is 26.8 Å². The lowest BCUT2D eigenvalue weighted by Gasteiger charge is -2.13. The molecule has 0 aliphatic rings. The van der Waals surface area contributed by atoms with Crippen LogP contribution in [0.5, 0.6) is 11.5 Å². The van der Waals surface area contributed by atoms with Crippen LogP contribution in [-0.2, 0) is 33.9 Å². The molecule has 6 nitrogen and oxygen atoms in total. The zero-order valence-electron chi connectivity index (χ0n) is 17.2. The fourth-order valence-corrected chi connectivity index (χ4v) is 3.23. The molecule has 154 valence electrons. The van der Waals surface area contributed by atoms with Gasteiger partial charge in [-0.25, -0.2) is 0 Å². The molecule has 0 spiro atoms. The van der Waals surface area contributed by atoms with Crippen LogP contribution in [0, 0.1) is 6.92 Å². The van der Waals surface area contributed by atoms with Gasteiger partial charge in [0.1, 0.15) is 36.1 Å². The van der Waals surface area contributed by atoms with Gasteiger partial charge >= 0.3 is 5.97 Å². The van der Waals surface area contributed by atoms with Gasteiger partial charge in [-0.3, -0.25) is 4.79 Å². The number of fused-ring (bicyclic) bond motifs is 1. The van der Waals surface area contributed by atoms with Crippen LogP contribution >= 0.6 is 0 Å². The third-order valence-corrected chi connectivity index (χ3v) is 4.51. The monoisotopic (exact) mass is 398 g/mol. The Bertz CT molecular complexity index is 988. The molecule has 2 aromatic carbocycles. The number of methoxy groups -OCH3 is 2. The number of esters is 1. The second-order valence-electron chi connectivity index (χ2n) is 6.72. The van der Waals surface area contributed by atoms with Gasteiger partial charge in [-0.2, -0.15) is 0 Å². The average molecular weight is 398 g/mol. The Morgan fingerprint density at radius 2 is 1.90 bits per heavy atom. The molecule has 0 amide bonds. The molecule has 3 aromatic rings. The summed E-state index contributed by atoms with van der Waals surface area (Å²) in [5.41, 5.74) is 3.64. The van der Waals surface area contributed by atoms with Gasteiger partial charge < -0.3 is 23.4 Å². The van der Waals surface area contributed by atoms with Crippen molar-refractivity contribution in [2.75, 3.05) is 20.8 Å². The summed E-state index contributed by atoms with van der Waals surface area (Å²) in [6, 6.07) is 11.5. The molecule has 0 aliphatic heterocycles. The van der Waals surface area contributed by atoms with Crippen molar-refractivity contribution in [2.45, 2.75) is 33.5 Å². The molecular weight excluding hydrogens is 372 g/mol. The minimum atomic E-state index is -0.288. The van der Waals surface area contributed by atoms with Crippen molar-refractivity contribution < 1.29 is 28.2 Å². The summed E-state index contributed by atoms with van der Waals surface area (Å²) < 4.78 is 27.4. The molecule has 0 aliphatic carbocycles. The van der Waals surface area contributed by atoms with E-state index in [1.807, 2.05) is 31.2 Å². The SMILES string of the molecule is CCOC(=O)Cc1ccc(OC)cc1OCc1cc(C)c2oc(COC)cc2c1. The van der Waals surface area contributed by atoms with Gasteiger partial charge in [0.25, 0.3) is 0 Å². The van der Waals surface area contributed by atoms with Gasteiger partial charge in [-0.15, -0.1) is 0 Å². The second kappa shape index (κ2) is 9.47. The molecule has 0 fully saturated rings. The number of hydrogen-bond acceptors (Lipinski definition) is 6. The molecule has 3 rings (SSSR count). The van der Waals surface area contributed by atoms with E-state index in [1.165, 1.54) is 0 Å². The number of ether oxygens (including phenoxy) is 4.